The predicted molar refractivity (Wildman–Crippen MR) is 84.4 cm³/mol. The molecule has 1 aliphatic heterocycles. The molecule has 0 saturated carbocycles. The zero-order chi connectivity index (χ0) is 18.0. The van der Waals surface area contributed by atoms with E-state index >= 15 is 0 Å². The highest BCUT2D eigenvalue weighted by Gasteiger charge is 2.34. The van der Waals surface area contributed by atoms with E-state index in [0.717, 1.165) is 6.20 Å². The number of nitrogens with zero attached hydrogens (tertiary/aromatic N) is 2. The predicted octanol–water partition coefficient (Wildman–Crippen LogP) is 4.45. The summed E-state index contributed by atoms with van der Waals surface area (Å²) in [4.78, 5) is 4.84. The van der Waals surface area contributed by atoms with Crippen LogP contribution in [0.5, 0.6) is 5.75 Å². The number of thiazole rings is 1. The van der Waals surface area contributed by atoms with E-state index in [0.29, 0.717) is 36.5 Å². The first-order chi connectivity index (χ1) is 11.8. The first-order valence-corrected chi connectivity index (χ1v) is 8.23. The van der Waals surface area contributed by atoms with Gasteiger partial charge in [0.1, 0.15) is 10.6 Å². The van der Waals surface area contributed by atoms with Gasteiger partial charge in [-0.3, -0.25) is 0 Å². The number of para-hydroxylation sites is 2. The third-order valence-electron chi connectivity index (χ3n) is 3.72. The number of rotatable bonds is 5. The monoisotopic (exact) mass is 379 g/mol. The fraction of sp³-hybridized carbons (Fsp3) is 0.400. The molecule has 1 fully saturated rings. The lowest BCUT2D eigenvalue weighted by atomic mass is 10.2. The van der Waals surface area contributed by atoms with Gasteiger partial charge in [-0.1, -0.05) is 23.5 Å². The van der Waals surface area contributed by atoms with Gasteiger partial charge in [-0.05, 0) is 18.6 Å². The van der Waals surface area contributed by atoms with Gasteiger partial charge in [0, 0.05) is 19.1 Å². The van der Waals surface area contributed by atoms with Crippen LogP contribution in [0.2, 0.25) is 0 Å². The Morgan fingerprint density at radius 1 is 1.28 bits per heavy atom. The second-order valence-electron chi connectivity index (χ2n) is 5.45. The third kappa shape index (κ3) is 4.30. The third-order valence-corrected chi connectivity index (χ3v) is 4.70. The number of benzene rings is 1. The van der Waals surface area contributed by atoms with Gasteiger partial charge < -0.3 is 15.0 Å². The van der Waals surface area contributed by atoms with Crippen molar-refractivity contribution >= 4 is 22.2 Å². The van der Waals surface area contributed by atoms with Crippen molar-refractivity contribution < 1.29 is 26.7 Å². The summed E-state index contributed by atoms with van der Waals surface area (Å²) < 4.78 is 67.3. The molecule has 0 radical (unpaired) electrons. The summed E-state index contributed by atoms with van der Waals surface area (Å²) in [6, 6.07) is 6.31. The molecule has 0 aliphatic carbocycles. The van der Waals surface area contributed by atoms with E-state index in [4.69, 9.17) is 0 Å². The van der Waals surface area contributed by atoms with Gasteiger partial charge in [0.15, 0.2) is 5.13 Å². The van der Waals surface area contributed by atoms with Crippen LogP contribution in [-0.2, 0) is 6.18 Å². The van der Waals surface area contributed by atoms with E-state index in [-0.39, 0.29) is 16.9 Å². The number of ether oxygens (including phenoxy) is 1. The van der Waals surface area contributed by atoms with E-state index in [9.17, 15) is 22.0 Å². The van der Waals surface area contributed by atoms with Crippen molar-refractivity contribution in [2.45, 2.75) is 25.3 Å². The van der Waals surface area contributed by atoms with Crippen LogP contribution in [0, 0.1) is 0 Å². The van der Waals surface area contributed by atoms with E-state index in [1.54, 1.807) is 18.2 Å². The molecular formula is C15H14F5N3OS. The van der Waals surface area contributed by atoms with Gasteiger partial charge in [-0.25, -0.2) is 4.98 Å². The van der Waals surface area contributed by atoms with Gasteiger partial charge in [0.2, 0.25) is 0 Å². The molecule has 3 rings (SSSR count). The molecule has 1 saturated heterocycles. The molecular weight excluding hydrogens is 365 g/mol. The Kier molecular flexibility index (Phi) is 4.98. The number of alkyl halides is 5. The summed E-state index contributed by atoms with van der Waals surface area (Å²) in [5, 5.41) is 3.16. The summed E-state index contributed by atoms with van der Waals surface area (Å²) in [7, 11) is 0. The van der Waals surface area contributed by atoms with Gasteiger partial charge in [0.25, 0.3) is 0 Å². The number of hydrogen-bond donors (Lipinski definition) is 1. The number of hydrogen-bond acceptors (Lipinski definition) is 5. The maximum Gasteiger partial charge on any atom is 0.427 e. The Balaban J connectivity index is 1.65. The van der Waals surface area contributed by atoms with Crippen molar-refractivity contribution in [3.05, 3.63) is 35.3 Å². The Morgan fingerprint density at radius 3 is 2.72 bits per heavy atom. The van der Waals surface area contributed by atoms with Gasteiger partial charge >= 0.3 is 12.8 Å². The zero-order valence-corrected chi connectivity index (χ0v) is 13.6. The minimum atomic E-state index is -4.41. The molecule has 136 valence electrons. The molecule has 1 unspecified atom stereocenters. The number of anilines is 2. The summed E-state index contributed by atoms with van der Waals surface area (Å²) in [6.07, 6.45) is -2.97. The minimum absolute atomic E-state index is 0.0757. The van der Waals surface area contributed by atoms with Crippen LogP contribution in [-0.4, -0.2) is 30.7 Å². The largest absolute Gasteiger partial charge is 0.433 e. The first-order valence-electron chi connectivity index (χ1n) is 7.41. The average molecular weight is 379 g/mol. The standard InChI is InChI=1S/C15H14F5N3OS/c16-13(17)24-11-4-2-1-3-10(11)23-6-5-9(8-23)22-14-21-7-12(25-14)15(18,19)20/h1-4,7,9,13H,5-6,8H2,(H,21,22). The molecule has 2 aromatic rings. The van der Waals surface area contributed by atoms with Crippen molar-refractivity contribution in [3.63, 3.8) is 0 Å². The molecule has 4 nitrogen and oxygen atoms in total. The Bertz CT molecular complexity index is 721. The van der Waals surface area contributed by atoms with Crippen molar-refractivity contribution in [1.82, 2.24) is 4.98 Å². The molecule has 1 N–H and O–H groups in total. The molecule has 25 heavy (non-hydrogen) atoms. The van der Waals surface area contributed by atoms with Crippen LogP contribution in [0.15, 0.2) is 30.5 Å². The van der Waals surface area contributed by atoms with Crippen LogP contribution >= 0.6 is 11.3 Å². The Labute approximate surface area is 144 Å². The maximum atomic E-state index is 12.6. The summed E-state index contributed by atoms with van der Waals surface area (Å²) in [6.45, 7) is -1.91. The van der Waals surface area contributed by atoms with E-state index < -0.39 is 17.7 Å². The first kappa shape index (κ1) is 17.7. The lowest BCUT2D eigenvalue weighted by molar-refractivity contribution is -0.134. The normalized spacial score (nSPS) is 18.0. The quantitative estimate of drug-likeness (QED) is 0.779. The van der Waals surface area contributed by atoms with E-state index in [1.807, 2.05) is 4.90 Å². The topological polar surface area (TPSA) is 37.4 Å². The molecule has 10 heteroatoms. The van der Waals surface area contributed by atoms with E-state index in [2.05, 4.69) is 15.0 Å². The molecule has 0 spiro atoms. The Hall–Kier alpha value is -2.10. The second kappa shape index (κ2) is 7.03. The molecule has 0 amide bonds. The number of aromatic nitrogens is 1. The highest BCUT2D eigenvalue weighted by Crippen LogP contribution is 2.36. The van der Waals surface area contributed by atoms with Crippen LogP contribution in [0.4, 0.5) is 32.8 Å². The van der Waals surface area contributed by atoms with Gasteiger partial charge in [0.05, 0.1) is 11.9 Å². The van der Waals surface area contributed by atoms with Crippen LogP contribution in [0.3, 0.4) is 0 Å². The van der Waals surface area contributed by atoms with Crippen molar-refractivity contribution in [2.24, 2.45) is 0 Å². The van der Waals surface area contributed by atoms with Crippen molar-refractivity contribution in [3.8, 4) is 5.75 Å². The van der Waals surface area contributed by atoms with Gasteiger partial charge in [-0.15, -0.1) is 0 Å². The molecule has 0 bridgehead atoms. The molecule has 1 aromatic heterocycles. The summed E-state index contributed by atoms with van der Waals surface area (Å²) in [5.41, 5.74) is 0.530. The van der Waals surface area contributed by atoms with Crippen LogP contribution < -0.4 is 15.0 Å². The number of nitrogens with one attached hydrogen (secondary N) is 1. The summed E-state index contributed by atoms with van der Waals surface area (Å²) >= 11 is 0.546. The summed E-state index contributed by atoms with van der Waals surface area (Å²) in [5.74, 6) is 0.0757. The molecule has 1 atom stereocenters. The van der Waals surface area contributed by atoms with E-state index in [1.165, 1.54) is 6.07 Å². The fourth-order valence-electron chi connectivity index (χ4n) is 2.66. The molecule has 1 aliphatic rings. The van der Waals surface area contributed by atoms with Crippen molar-refractivity contribution in [2.75, 3.05) is 23.3 Å². The lowest BCUT2D eigenvalue weighted by Gasteiger charge is -2.21. The maximum absolute atomic E-state index is 12.6. The minimum Gasteiger partial charge on any atom is -0.433 e. The second-order valence-corrected chi connectivity index (χ2v) is 6.48. The SMILES string of the molecule is FC(F)Oc1ccccc1N1CCC(Nc2ncc(C(F)(F)F)s2)C1. The van der Waals surface area contributed by atoms with Crippen LogP contribution in [0.1, 0.15) is 11.3 Å². The van der Waals surface area contributed by atoms with Crippen LogP contribution in [0.25, 0.3) is 0 Å². The highest BCUT2D eigenvalue weighted by atomic mass is 32.1. The number of halogens is 5. The average Bonchev–Trinajstić information content (AvgIpc) is 3.17. The zero-order valence-electron chi connectivity index (χ0n) is 12.8. The smallest absolute Gasteiger partial charge is 0.427 e. The van der Waals surface area contributed by atoms with Crippen molar-refractivity contribution in [1.29, 1.82) is 0 Å². The fourth-order valence-corrected chi connectivity index (χ4v) is 3.42. The highest BCUT2D eigenvalue weighted by molar-refractivity contribution is 7.15. The molecule has 2 heterocycles. The Morgan fingerprint density at radius 2 is 2.04 bits per heavy atom. The lowest BCUT2D eigenvalue weighted by Crippen LogP contribution is -2.26. The van der Waals surface area contributed by atoms with Gasteiger partial charge in [-0.2, -0.15) is 22.0 Å². The molecule has 1 aromatic carbocycles.